The lowest BCUT2D eigenvalue weighted by Crippen LogP contribution is -2.22. The summed E-state index contributed by atoms with van der Waals surface area (Å²) in [6.45, 7) is 3.33. The van der Waals surface area contributed by atoms with Crippen molar-refractivity contribution in [3.63, 3.8) is 0 Å². The molecule has 8 nitrogen and oxygen atoms in total. The van der Waals surface area contributed by atoms with Gasteiger partial charge < -0.3 is 15.4 Å². The van der Waals surface area contributed by atoms with Gasteiger partial charge in [0.05, 0.1) is 11.4 Å². The van der Waals surface area contributed by atoms with Gasteiger partial charge in [-0.2, -0.15) is 0 Å². The van der Waals surface area contributed by atoms with Crippen molar-refractivity contribution in [3.05, 3.63) is 47.5 Å². The molecule has 1 aliphatic heterocycles. The van der Waals surface area contributed by atoms with Crippen LogP contribution in [0.5, 0.6) is 5.75 Å². The molecule has 0 atom stereocenters. The van der Waals surface area contributed by atoms with Gasteiger partial charge in [0.25, 0.3) is 5.91 Å². The van der Waals surface area contributed by atoms with Crippen molar-refractivity contribution in [2.75, 3.05) is 27.7 Å². The smallest absolute Gasteiger partial charge is 0.262 e. The monoisotopic (exact) mass is 431 g/mol. The van der Waals surface area contributed by atoms with E-state index in [0.717, 1.165) is 11.3 Å². The number of aryl methyl sites for hydroxylation is 1. The number of fused-ring (bicyclic) bond motifs is 1. The minimum absolute atomic E-state index is 0.00914. The molecule has 0 fully saturated rings. The van der Waals surface area contributed by atoms with Crippen molar-refractivity contribution in [2.24, 2.45) is 0 Å². The van der Waals surface area contributed by atoms with Gasteiger partial charge in [0, 0.05) is 17.8 Å². The molecule has 1 aliphatic rings. The van der Waals surface area contributed by atoms with E-state index in [9.17, 15) is 18.0 Å². The minimum atomic E-state index is -3.42. The van der Waals surface area contributed by atoms with Crippen molar-refractivity contribution in [1.29, 1.82) is 0 Å². The van der Waals surface area contributed by atoms with Gasteiger partial charge in [0.2, 0.25) is 15.9 Å². The van der Waals surface area contributed by atoms with Gasteiger partial charge >= 0.3 is 0 Å². The van der Waals surface area contributed by atoms with E-state index in [2.05, 4.69) is 15.4 Å². The van der Waals surface area contributed by atoms with Crippen molar-refractivity contribution in [2.45, 2.75) is 33.1 Å². The molecule has 1 heterocycles. The summed E-state index contributed by atoms with van der Waals surface area (Å²) in [4.78, 5) is 23.8. The third-order valence-corrected chi connectivity index (χ3v) is 6.16. The molecule has 2 aromatic rings. The molecule has 3 rings (SSSR count). The second-order valence-corrected chi connectivity index (χ2v) is 8.94. The first-order valence-electron chi connectivity index (χ1n) is 9.73. The van der Waals surface area contributed by atoms with Crippen LogP contribution in [0, 0.1) is 6.92 Å². The Hall–Kier alpha value is -3.07. The van der Waals surface area contributed by atoms with Crippen molar-refractivity contribution >= 4 is 38.9 Å². The Morgan fingerprint density at radius 2 is 1.93 bits per heavy atom. The Balaban J connectivity index is 1.61. The van der Waals surface area contributed by atoms with Crippen LogP contribution >= 0.6 is 0 Å². The number of amides is 2. The van der Waals surface area contributed by atoms with Crippen molar-refractivity contribution in [1.82, 2.24) is 0 Å². The quantitative estimate of drug-likeness (QED) is 0.594. The van der Waals surface area contributed by atoms with Gasteiger partial charge in [0.1, 0.15) is 5.75 Å². The molecular weight excluding hydrogens is 406 g/mol. The average Bonchev–Trinajstić information content (AvgIpc) is 2.69. The van der Waals surface area contributed by atoms with E-state index >= 15 is 0 Å². The van der Waals surface area contributed by atoms with E-state index in [1.807, 2.05) is 6.07 Å². The molecule has 0 spiro atoms. The summed E-state index contributed by atoms with van der Waals surface area (Å²) >= 11 is 0. The summed E-state index contributed by atoms with van der Waals surface area (Å²) < 4.78 is 32.2. The average molecular weight is 432 g/mol. The topological polar surface area (TPSA) is 114 Å². The predicted octanol–water partition coefficient (Wildman–Crippen LogP) is 3.05. The molecule has 0 radical (unpaired) electrons. The molecule has 30 heavy (non-hydrogen) atoms. The lowest BCUT2D eigenvalue weighted by molar-refractivity contribution is -0.118. The van der Waals surface area contributed by atoms with E-state index in [1.54, 1.807) is 44.2 Å². The third kappa shape index (κ3) is 5.50. The SMILES string of the molecule is CCCS(=O)(=O)Nc1cccc(NC(=O)COc2ccc3c(c2)CCC(=O)N3)c1C. The van der Waals surface area contributed by atoms with Gasteiger partial charge in [-0.1, -0.05) is 13.0 Å². The van der Waals surface area contributed by atoms with Gasteiger partial charge in [0.15, 0.2) is 6.61 Å². The van der Waals surface area contributed by atoms with Crippen LogP contribution in [-0.2, 0) is 26.0 Å². The van der Waals surface area contributed by atoms with E-state index in [1.165, 1.54) is 0 Å². The number of sulfonamides is 1. The first-order valence-corrected chi connectivity index (χ1v) is 11.4. The van der Waals surface area contributed by atoms with Crippen LogP contribution < -0.4 is 20.1 Å². The number of carbonyl (C=O) groups is 2. The number of rotatable bonds is 8. The number of hydrogen-bond acceptors (Lipinski definition) is 5. The van der Waals surface area contributed by atoms with Crippen LogP contribution in [-0.4, -0.2) is 32.6 Å². The molecule has 3 N–H and O–H groups in total. The summed E-state index contributed by atoms with van der Waals surface area (Å²) in [5, 5.41) is 5.55. The Labute approximate surface area is 176 Å². The standard InChI is InChI=1S/C21H25N3O5S/c1-3-11-30(27,28)24-18-6-4-5-17(14(18)2)22-21(26)13-29-16-8-9-19-15(12-16)7-10-20(25)23-19/h4-6,8-9,12,24H,3,7,10-11,13H2,1-2H3,(H,22,26)(H,23,25). The fourth-order valence-corrected chi connectivity index (χ4v) is 4.35. The van der Waals surface area contributed by atoms with Gasteiger partial charge in [-0.15, -0.1) is 0 Å². The third-order valence-electron chi connectivity index (χ3n) is 4.69. The van der Waals surface area contributed by atoms with Crippen LogP contribution in [0.2, 0.25) is 0 Å². The Bertz CT molecular complexity index is 1070. The number of hydrogen-bond donors (Lipinski definition) is 3. The summed E-state index contributed by atoms with van der Waals surface area (Å²) in [6, 6.07) is 10.3. The maximum atomic E-state index is 12.3. The lowest BCUT2D eigenvalue weighted by atomic mass is 10.0. The Morgan fingerprint density at radius 1 is 1.17 bits per heavy atom. The number of nitrogens with one attached hydrogen (secondary N) is 3. The molecule has 2 amide bonds. The first-order chi connectivity index (χ1) is 14.3. The van der Waals surface area contributed by atoms with Crippen LogP contribution in [0.1, 0.15) is 30.9 Å². The van der Waals surface area contributed by atoms with Gasteiger partial charge in [-0.05, 0) is 61.2 Å². The molecule has 0 unspecified atom stereocenters. The largest absolute Gasteiger partial charge is 0.484 e. The van der Waals surface area contributed by atoms with E-state index in [4.69, 9.17) is 4.74 Å². The normalized spacial score (nSPS) is 13.2. The molecule has 0 saturated carbocycles. The van der Waals surface area contributed by atoms with E-state index in [0.29, 0.717) is 42.0 Å². The number of carbonyl (C=O) groups excluding carboxylic acids is 2. The summed E-state index contributed by atoms with van der Waals surface area (Å²) in [6.07, 6.45) is 1.57. The highest BCUT2D eigenvalue weighted by molar-refractivity contribution is 7.92. The van der Waals surface area contributed by atoms with Crippen molar-refractivity contribution in [3.8, 4) is 5.75 Å². The van der Waals surface area contributed by atoms with Crippen LogP contribution in [0.3, 0.4) is 0 Å². The Kier molecular flexibility index (Phi) is 6.61. The number of benzene rings is 2. The minimum Gasteiger partial charge on any atom is -0.484 e. The fourth-order valence-electron chi connectivity index (χ4n) is 3.15. The molecule has 9 heteroatoms. The van der Waals surface area contributed by atoms with Crippen LogP contribution in [0.15, 0.2) is 36.4 Å². The second-order valence-electron chi connectivity index (χ2n) is 7.10. The molecule has 2 aromatic carbocycles. The van der Waals surface area contributed by atoms with Crippen molar-refractivity contribution < 1.29 is 22.7 Å². The summed E-state index contributed by atoms with van der Waals surface area (Å²) in [7, 11) is -3.42. The Morgan fingerprint density at radius 3 is 2.70 bits per heavy atom. The zero-order valence-electron chi connectivity index (χ0n) is 16.9. The number of anilines is 3. The zero-order chi connectivity index (χ0) is 21.7. The molecule has 0 aromatic heterocycles. The van der Waals surface area contributed by atoms with Crippen LogP contribution in [0.25, 0.3) is 0 Å². The highest BCUT2D eigenvalue weighted by Gasteiger charge is 2.16. The molecule has 0 bridgehead atoms. The highest BCUT2D eigenvalue weighted by Crippen LogP contribution is 2.27. The molecule has 0 saturated heterocycles. The maximum absolute atomic E-state index is 12.3. The first kappa shape index (κ1) is 21.6. The number of ether oxygens (including phenoxy) is 1. The maximum Gasteiger partial charge on any atom is 0.262 e. The summed E-state index contributed by atoms with van der Waals surface area (Å²) in [5.41, 5.74) is 3.29. The second kappa shape index (κ2) is 9.17. The molecule has 160 valence electrons. The predicted molar refractivity (Wildman–Crippen MR) is 116 cm³/mol. The zero-order valence-corrected chi connectivity index (χ0v) is 17.8. The van der Waals surface area contributed by atoms with E-state index < -0.39 is 10.0 Å². The fraction of sp³-hybridized carbons (Fsp3) is 0.333. The molecular formula is C21H25N3O5S. The summed E-state index contributed by atoms with van der Waals surface area (Å²) in [5.74, 6) is 0.196. The van der Waals surface area contributed by atoms with Gasteiger partial charge in [-0.25, -0.2) is 8.42 Å². The van der Waals surface area contributed by atoms with E-state index in [-0.39, 0.29) is 24.2 Å². The highest BCUT2D eigenvalue weighted by atomic mass is 32.2. The van der Waals surface area contributed by atoms with Gasteiger partial charge in [-0.3, -0.25) is 14.3 Å². The van der Waals surface area contributed by atoms with Crippen LogP contribution in [0.4, 0.5) is 17.1 Å². The lowest BCUT2D eigenvalue weighted by Gasteiger charge is -2.18. The molecule has 0 aliphatic carbocycles.